The van der Waals surface area contributed by atoms with E-state index in [1.165, 1.54) is 0 Å². The Kier molecular flexibility index (Phi) is 5.51. The summed E-state index contributed by atoms with van der Waals surface area (Å²) < 4.78 is 5.36. The smallest absolute Gasteiger partial charge is 0.244 e. The molecular formula is C16H18N2O2S. The Balaban J connectivity index is 1.84. The van der Waals surface area contributed by atoms with Crippen molar-refractivity contribution in [2.75, 3.05) is 6.61 Å². The molecule has 1 amide bonds. The molecule has 21 heavy (non-hydrogen) atoms. The number of nitrogens with one attached hydrogen (secondary N) is 1. The van der Waals surface area contributed by atoms with Gasteiger partial charge in [0, 0.05) is 4.88 Å². The highest BCUT2D eigenvalue weighted by Gasteiger charge is 2.03. The highest BCUT2D eigenvalue weighted by atomic mass is 32.1. The van der Waals surface area contributed by atoms with Crippen molar-refractivity contribution in [1.29, 1.82) is 0 Å². The molecule has 0 spiro atoms. The van der Waals surface area contributed by atoms with Crippen LogP contribution in [0, 0.1) is 6.92 Å². The third kappa shape index (κ3) is 4.72. The van der Waals surface area contributed by atoms with E-state index in [4.69, 9.17) is 4.74 Å². The summed E-state index contributed by atoms with van der Waals surface area (Å²) in [7, 11) is 0. The molecule has 5 heteroatoms. The zero-order valence-electron chi connectivity index (χ0n) is 12.1. The van der Waals surface area contributed by atoms with Gasteiger partial charge in [0.2, 0.25) is 5.91 Å². The summed E-state index contributed by atoms with van der Waals surface area (Å²) in [5, 5.41) is 5.98. The normalized spacial score (nSPS) is 10.8. The lowest BCUT2D eigenvalue weighted by Crippen LogP contribution is -2.19. The highest BCUT2D eigenvalue weighted by molar-refractivity contribution is 7.11. The Hall–Kier alpha value is -2.14. The van der Waals surface area contributed by atoms with Gasteiger partial charge in [0.1, 0.15) is 5.75 Å². The van der Waals surface area contributed by atoms with E-state index in [1.54, 1.807) is 17.6 Å². The largest absolute Gasteiger partial charge is 0.494 e. The Labute approximate surface area is 128 Å². The number of hydrazone groups is 1. The summed E-state index contributed by atoms with van der Waals surface area (Å²) in [5.74, 6) is 0.678. The zero-order chi connectivity index (χ0) is 15.1. The fourth-order valence-electron chi connectivity index (χ4n) is 1.77. The first-order valence-electron chi connectivity index (χ1n) is 6.76. The molecule has 0 aliphatic heterocycles. The Bertz CT molecular complexity index is 617. The molecular weight excluding hydrogens is 284 g/mol. The molecule has 0 atom stereocenters. The topological polar surface area (TPSA) is 50.7 Å². The van der Waals surface area contributed by atoms with E-state index in [-0.39, 0.29) is 5.91 Å². The minimum Gasteiger partial charge on any atom is -0.494 e. The van der Waals surface area contributed by atoms with E-state index in [2.05, 4.69) is 10.5 Å². The second kappa shape index (κ2) is 7.59. The van der Waals surface area contributed by atoms with Gasteiger partial charge in [-0.15, -0.1) is 11.3 Å². The van der Waals surface area contributed by atoms with Gasteiger partial charge in [0.15, 0.2) is 0 Å². The van der Waals surface area contributed by atoms with E-state index in [0.717, 1.165) is 21.8 Å². The van der Waals surface area contributed by atoms with Crippen molar-refractivity contribution in [2.45, 2.75) is 20.3 Å². The molecule has 1 aromatic heterocycles. The molecule has 4 nitrogen and oxygen atoms in total. The maximum atomic E-state index is 11.8. The van der Waals surface area contributed by atoms with Crippen LogP contribution in [-0.2, 0) is 11.2 Å². The number of thiophene rings is 1. The summed E-state index contributed by atoms with van der Waals surface area (Å²) in [6.45, 7) is 4.59. The van der Waals surface area contributed by atoms with Crippen molar-refractivity contribution in [3.05, 3.63) is 51.7 Å². The first-order valence-corrected chi connectivity index (χ1v) is 7.64. The van der Waals surface area contributed by atoms with Crippen molar-refractivity contribution < 1.29 is 9.53 Å². The van der Waals surface area contributed by atoms with Crippen LogP contribution in [0.2, 0.25) is 0 Å². The van der Waals surface area contributed by atoms with Gasteiger partial charge in [-0.3, -0.25) is 4.79 Å². The fourth-order valence-corrected chi connectivity index (χ4v) is 2.56. The molecule has 0 radical (unpaired) electrons. The van der Waals surface area contributed by atoms with Gasteiger partial charge in [-0.2, -0.15) is 5.10 Å². The predicted octanol–water partition coefficient (Wildman–Crippen LogP) is 3.15. The number of amides is 1. The van der Waals surface area contributed by atoms with E-state index < -0.39 is 0 Å². The lowest BCUT2D eigenvalue weighted by atomic mass is 10.1. The first-order chi connectivity index (χ1) is 10.2. The van der Waals surface area contributed by atoms with E-state index in [9.17, 15) is 4.79 Å². The number of hydrogen-bond acceptors (Lipinski definition) is 4. The first kappa shape index (κ1) is 15.3. The number of carbonyl (C=O) groups excluding carboxylic acids is 1. The molecule has 0 saturated heterocycles. The average molecular weight is 302 g/mol. The van der Waals surface area contributed by atoms with Crippen molar-refractivity contribution in [2.24, 2.45) is 5.10 Å². The summed E-state index contributed by atoms with van der Waals surface area (Å²) >= 11 is 1.60. The van der Waals surface area contributed by atoms with Gasteiger partial charge >= 0.3 is 0 Å². The van der Waals surface area contributed by atoms with E-state index in [1.807, 2.05) is 49.6 Å². The molecule has 0 bridgehead atoms. The molecule has 2 rings (SSSR count). The van der Waals surface area contributed by atoms with Crippen LogP contribution in [0.15, 0.2) is 40.8 Å². The molecule has 0 unspecified atom stereocenters. The van der Waals surface area contributed by atoms with Crippen LogP contribution in [0.4, 0.5) is 0 Å². The van der Waals surface area contributed by atoms with Gasteiger partial charge < -0.3 is 4.74 Å². The molecule has 0 aliphatic rings. The Morgan fingerprint density at radius 3 is 2.71 bits per heavy atom. The highest BCUT2D eigenvalue weighted by Crippen LogP contribution is 2.13. The maximum Gasteiger partial charge on any atom is 0.244 e. The molecule has 0 aliphatic carbocycles. The third-order valence-electron chi connectivity index (χ3n) is 2.87. The van der Waals surface area contributed by atoms with E-state index in [0.29, 0.717) is 13.0 Å². The molecule has 0 saturated carbocycles. The molecule has 110 valence electrons. The monoisotopic (exact) mass is 302 g/mol. The summed E-state index contributed by atoms with van der Waals surface area (Å²) in [6.07, 6.45) is 1.98. The molecule has 1 heterocycles. The van der Waals surface area contributed by atoms with E-state index >= 15 is 0 Å². The maximum absolute atomic E-state index is 11.8. The Morgan fingerprint density at radius 2 is 2.10 bits per heavy atom. The number of carbonyl (C=O) groups is 1. The van der Waals surface area contributed by atoms with Crippen LogP contribution >= 0.6 is 11.3 Å². The standard InChI is InChI=1S/C16H18N2O2S/c1-3-20-14-6-4-13(5-7-14)10-16(19)18-17-11-15-12(2)8-9-21-15/h4-9,11H,3,10H2,1-2H3,(H,18,19)/b17-11-. The minimum absolute atomic E-state index is 0.135. The predicted molar refractivity (Wildman–Crippen MR) is 86.1 cm³/mol. The molecule has 0 fully saturated rings. The number of ether oxygens (including phenoxy) is 1. The summed E-state index contributed by atoms with van der Waals surface area (Å²) in [4.78, 5) is 12.8. The van der Waals surface area contributed by atoms with Crippen LogP contribution < -0.4 is 10.2 Å². The van der Waals surface area contributed by atoms with Gasteiger partial charge in [-0.25, -0.2) is 5.43 Å². The van der Waals surface area contributed by atoms with Gasteiger partial charge in [0.05, 0.1) is 19.2 Å². The van der Waals surface area contributed by atoms with Crippen LogP contribution in [0.3, 0.4) is 0 Å². The van der Waals surface area contributed by atoms with Crippen LogP contribution in [0.1, 0.15) is 22.9 Å². The van der Waals surface area contributed by atoms with Crippen molar-refractivity contribution in [1.82, 2.24) is 5.43 Å². The van der Waals surface area contributed by atoms with Crippen LogP contribution in [0.25, 0.3) is 0 Å². The van der Waals surface area contributed by atoms with Crippen LogP contribution in [0.5, 0.6) is 5.75 Å². The Morgan fingerprint density at radius 1 is 1.33 bits per heavy atom. The van der Waals surface area contributed by atoms with Gasteiger partial charge in [0.25, 0.3) is 0 Å². The number of rotatable bonds is 6. The number of benzene rings is 1. The van der Waals surface area contributed by atoms with Crippen LogP contribution in [-0.4, -0.2) is 18.7 Å². The number of hydrogen-bond donors (Lipinski definition) is 1. The van der Waals surface area contributed by atoms with Gasteiger partial charge in [-0.05, 0) is 48.6 Å². The number of nitrogens with zero attached hydrogens (tertiary/aromatic N) is 1. The lowest BCUT2D eigenvalue weighted by Gasteiger charge is -2.04. The second-order valence-electron chi connectivity index (χ2n) is 4.51. The molecule has 1 aromatic carbocycles. The van der Waals surface area contributed by atoms with Gasteiger partial charge in [-0.1, -0.05) is 12.1 Å². The SMILES string of the molecule is CCOc1ccc(CC(=O)N/N=C\c2sccc2C)cc1. The van der Waals surface area contributed by atoms with Crippen molar-refractivity contribution in [3.8, 4) is 5.75 Å². The zero-order valence-corrected chi connectivity index (χ0v) is 12.9. The van der Waals surface area contributed by atoms with Crippen molar-refractivity contribution >= 4 is 23.5 Å². The second-order valence-corrected chi connectivity index (χ2v) is 5.46. The third-order valence-corrected chi connectivity index (χ3v) is 3.83. The molecule has 2 aromatic rings. The number of aryl methyl sites for hydroxylation is 1. The minimum atomic E-state index is -0.135. The lowest BCUT2D eigenvalue weighted by molar-refractivity contribution is -0.120. The summed E-state index contributed by atoms with van der Waals surface area (Å²) in [5.41, 5.74) is 4.63. The quantitative estimate of drug-likeness (QED) is 0.658. The summed E-state index contributed by atoms with van der Waals surface area (Å²) in [6, 6.07) is 9.53. The molecule has 1 N–H and O–H groups in total. The van der Waals surface area contributed by atoms with Crippen molar-refractivity contribution in [3.63, 3.8) is 0 Å². The average Bonchev–Trinajstić information content (AvgIpc) is 2.87. The fraction of sp³-hybridized carbons (Fsp3) is 0.250.